The van der Waals surface area contributed by atoms with Gasteiger partial charge in [-0.3, -0.25) is 4.79 Å². The van der Waals surface area contributed by atoms with Crippen molar-refractivity contribution in [3.63, 3.8) is 0 Å². The third kappa shape index (κ3) is 2.96. The zero-order chi connectivity index (χ0) is 15.7. The average molecular weight is 313 g/mol. The molecule has 2 rings (SSSR count). The lowest BCUT2D eigenvalue weighted by Crippen LogP contribution is -2.45. The molecular weight excluding hydrogens is 294 g/mol. The summed E-state index contributed by atoms with van der Waals surface area (Å²) in [4.78, 5) is 25.6. The molecule has 2 unspecified atom stereocenters. The summed E-state index contributed by atoms with van der Waals surface area (Å²) in [6.07, 6.45) is 0.0270. The fraction of sp³-hybridized carbons (Fsp3) is 0.538. The molecule has 4 N–H and O–H groups in total. The number of primary amides is 1. The minimum Gasteiger partial charge on any atom is -0.465 e. The lowest BCUT2D eigenvalue weighted by Gasteiger charge is -2.36. The largest absolute Gasteiger partial charge is 0.465 e. The molecule has 21 heavy (non-hydrogen) atoms. The minimum absolute atomic E-state index is 0.0135. The summed E-state index contributed by atoms with van der Waals surface area (Å²) in [5.74, 6) is -1.22. The van der Waals surface area contributed by atoms with Gasteiger partial charge < -0.3 is 25.8 Å². The molecule has 1 fully saturated rings. The SMILES string of the molecule is COC(=O)c1c(N2CC(C)OC(C)C2)sc(C(N)=O)c1N. The van der Waals surface area contributed by atoms with E-state index >= 15 is 0 Å². The molecule has 0 bridgehead atoms. The first-order valence-electron chi connectivity index (χ1n) is 6.55. The fourth-order valence-electron chi connectivity index (χ4n) is 2.48. The van der Waals surface area contributed by atoms with E-state index < -0.39 is 11.9 Å². The Hall–Kier alpha value is -1.80. The zero-order valence-corrected chi connectivity index (χ0v) is 13.0. The number of methoxy groups -OCH3 is 1. The summed E-state index contributed by atoms with van der Waals surface area (Å²) < 4.78 is 10.4. The maximum Gasteiger partial charge on any atom is 0.343 e. The molecule has 1 aliphatic heterocycles. The molecule has 0 radical (unpaired) electrons. The van der Waals surface area contributed by atoms with Crippen LogP contribution >= 0.6 is 11.3 Å². The molecule has 2 atom stereocenters. The van der Waals surface area contributed by atoms with Gasteiger partial charge in [0.25, 0.3) is 5.91 Å². The van der Waals surface area contributed by atoms with Crippen LogP contribution in [0, 0.1) is 0 Å². The summed E-state index contributed by atoms with van der Waals surface area (Å²) in [6.45, 7) is 5.11. The molecule has 0 aliphatic carbocycles. The molecule has 1 aromatic heterocycles. The summed E-state index contributed by atoms with van der Waals surface area (Å²) in [6, 6.07) is 0. The van der Waals surface area contributed by atoms with Crippen molar-refractivity contribution in [2.75, 3.05) is 30.8 Å². The molecule has 0 aromatic carbocycles. The average Bonchev–Trinajstić information content (AvgIpc) is 2.74. The van der Waals surface area contributed by atoms with Crippen molar-refractivity contribution in [1.82, 2.24) is 0 Å². The predicted molar refractivity (Wildman–Crippen MR) is 80.8 cm³/mol. The second-order valence-electron chi connectivity index (χ2n) is 5.04. The molecule has 2 heterocycles. The molecule has 0 saturated carbocycles. The standard InChI is InChI=1S/C13H19N3O4S/c1-6-4-16(5-7(2)20-6)12-8(13(18)19-3)9(14)10(21-12)11(15)17/h6-7H,4-5,14H2,1-3H3,(H2,15,17). The van der Waals surface area contributed by atoms with Crippen molar-refractivity contribution in [3.05, 3.63) is 10.4 Å². The van der Waals surface area contributed by atoms with E-state index in [0.29, 0.717) is 18.1 Å². The molecule has 0 spiro atoms. The highest BCUT2D eigenvalue weighted by Crippen LogP contribution is 2.39. The lowest BCUT2D eigenvalue weighted by molar-refractivity contribution is -0.00511. The Morgan fingerprint density at radius 3 is 2.38 bits per heavy atom. The summed E-state index contributed by atoms with van der Waals surface area (Å²) in [5, 5.41) is 0.607. The Morgan fingerprint density at radius 1 is 1.33 bits per heavy atom. The first kappa shape index (κ1) is 15.6. The summed E-state index contributed by atoms with van der Waals surface area (Å²) in [5.41, 5.74) is 11.5. The molecule has 7 nitrogen and oxygen atoms in total. The number of carbonyl (C=O) groups is 2. The van der Waals surface area contributed by atoms with Gasteiger partial charge in [-0.25, -0.2) is 4.79 Å². The van der Waals surface area contributed by atoms with Crippen LogP contribution in [-0.4, -0.2) is 44.3 Å². The highest BCUT2D eigenvalue weighted by Gasteiger charge is 2.31. The molecular formula is C13H19N3O4S. The van der Waals surface area contributed by atoms with Crippen LogP contribution in [0.4, 0.5) is 10.7 Å². The highest BCUT2D eigenvalue weighted by molar-refractivity contribution is 7.19. The van der Waals surface area contributed by atoms with Gasteiger partial charge >= 0.3 is 5.97 Å². The van der Waals surface area contributed by atoms with Crippen molar-refractivity contribution < 1.29 is 19.1 Å². The van der Waals surface area contributed by atoms with E-state index in [-0.39, 0.29) is 28.3 Å². The van der Waals surface area contributed by atoms with Gasteiger partial charge in [0.05, 0.1) is 25.0 Å². The zero-order valence-electron chi connectivity index (χ0n) is 12.2. The molecule has 116 valence electrons. The van der Waals surface area contributed by atoms with Gasteiger partial charge in [-0.2, -0.15) is 0 Å². The van der Waals surface area contributed by atoms with Crippen LogP contribution in [0.15, 0.2) is 0 Å². The van der Waals surface area contributed by atoms with Crippen LogP contribution in [0.5, 0.6) is 0 Å². The third-order valence-electron chi connectivity index (χ3n) is 3.25. The first-order valence-corrected chi connectivity index (χ1v) is 7.37. The molecule has 1 aromatic rings. The Balaban J connectivity index is 2.48. The second kappa shape index (κ2) is 5.90. The van der Waals surface area contributed by atoms with Crippen LogP contribution in [0.1, 0.15) is 33.9 Å². The number of thiophene rings is 1. The number of hydrogen-bond acceptors (Lipinski definition) is 7. The number of ether oxygens (including phenoxy) is 2. The van der Waals surface area contributed by atoms with Gasteiger partial charge in [0.15, 0.2) is 0 Å². The van der Waals surface area contributed by atoms with Crippen molar-refractivity contribution in [2.45, 2.75) is 26.1 Å². The van der Waals surface area contributed by atoms with Gasteiger partial charge in [0.2, 0.25) is 0 Å². The maximum atomic E-state index is 12.0. The van der Waals surface area contributed by atoms with Crippen LogP contribution in [0.25, 0.3) is 0 Å². The quantitative estimate of drug-likeness (QED) is 0.800. The minimum atomic E-state index is -0.650. The third-order valence-corrected chi connectivity index (χ3v) is 4.53. The highest BCUT2D eigenvalue weighted by atomic mass is 32.1. The Bertz CT molecular complexity index is 562. The van der Waals surface area contributed by atoms with Gasteiger partial charge in [0, 0.05) is 13.1 Å². The van der Waals surface area contributed by atoms with E-state index in [1.807, 2.05) is 18.7 Å². The van der Waals surface area contributed by atoms with Gasteiger partial charge in [-0.05, 0) is 13.8 Å². The number of amides is 1. The van der Waals surface area contributed by atoms with Crippen molar-refractivity contribution >= 4 is 33.9 Å². The van der Waals surface area contributed by atoms with E-state index in [1.165, 1.54) is 7.11 Å². The predicted octanol–water partition coefficient (Wildman–Crippen LogP) is 0.829. The van der Waals surface area contributed by atoms with Crippen LogP contribution in [-0.2, 0) is 9.47 Å². The number of nitrogen functional groups attached to an aromatic ring is 1. The topological polar surface area (TPSA) is 108 Å². The van der Waals surface area contributed by atoms with E-state index in [4.69, 9.17) is 20.9 Å². The summed E-state index contributed by atoms with van der Waals surface area (Å²) in [7, 11) is 1.28. The van der Waals surface area contributed by atoms with E-state index in [1.54, 1.807) is 0 Å². The number of hydrogen-bond donors (Lipinski definition) is 2. The van der Waals surface area contributed by atoms with Gasteiger partial charge in [-0.15, -0.1) is 11.3 Å². The van der Waals surface area contributed by atoms with Crippen molar-refractivity contribution in [1.29, 1.82) is 0 Å². The fourth-order valence-corrected chi connectivity index (χ4v) is 3.56. The normalized spacial score (nSPS) is 22.1. The molecule has 1 amide bonds. The number of carbonyl (C=O) groups excluding carboxylic acids is 2. The number of nitrogens with two attached hydrogens (primary N) is 2. The number of rotatable bonds is 3. The number of nitrogens with zero attached hydrogens (tertiary/aromatic N) is 1. The van der Waals surface area contributed by atoms with E-state index in [2.05, 4.69) is 0 Å². The number of morpholine rings is 1. The van der Waals surface area contributed by atoms with Crippen LogP contribution in [0.2, 0.25) is 0 Å². The summed E-state index contributed by atoms with van der Waals surface area (Å²) >= 11 is 1.12. The Kier molecular flexibility index (Phi) is 4.38. The van der Waals surface area contributed by atoms with Crippen molar-refractivity contribution in [2.24, 2.45) is 5.73 Å². The first-order chi connectivity index (χ1) is 9.85. The van der Waals surface area contributed by atoms with Crippen molar-refractivity contribution in [3.8, 4) is 0 Å². The molecule has 8 heteroatoms. The number of esters is 1. The monoisotopic (exact) mass is 313 g/mol. The number of anilines is 2. The molecule has 1 saturated heterocycles. The lowest BCUT2D eigenvalue weighted by atomic mass is 10.2. The van der Waals surface area contributed by atoms with Crippen LogP contribution in [0.3, 0.4) is 0 Å². The maximum absolute atomic E-state index is 12.0. The van der Waals surface area contributed by atoms with Gasteiger partial charge in [0.1, 0.15) is 15.4 Å². The van der Waals surface area contributed by atoms with E-state index in [9.17, 15) is 9.59 Å². The van der Waals surface area contributed by atoms with Gasteiger partial charge in [-0.1, -0.05) is 0 Å². The Labute approximate surface area is 126 Å². The Morgan fingerprint density at radius 2 is 1.90 bits per heavy atom. The van der Waals surface area contributed by atoms with Crippen LogP contribution < -0.4 is 16.4 Å². The van der Waals surface area contributed by atoms with E-state index in [0.717, 1.165) is 11.3 Å². The molecule has 1 aliphatic rings. The smallest absolute Gasteiger partial charge is 0.343 e. The second-order valence-corrected chi connectivity index (χ2v) is 6.04.